The van der Waals surface area contributed by atoms with Gasteiger partial charge in [0.15, 0.2) is 0 Å². The van der Waals surface area contributed by atoms with E-state index in [9.17, 15) is 4.79 Å². The Balaban J connectivity index is 0.00000132. The Morgan fingerprint density at radius 3 is 1.45 bits per heavy atom. The van der Waals surface area contributed by atoms with Crippen LogP contribution < -0.4 is 5.73 Å². The van der Waals surface area contributed by atoms with Crippen LogP contribution in [-0.4, -0.2) is 47.7 Å². The number of nitrogens with zero attached hydrogens (tertiary/aromatic N) is 2. The Morgan fingerprint density at radius 2 is 1.18 bits per heavy atom. The van der Waals surface area contributed by atoms with Gasteiger partial charge in [0.2, 0.25) is 0 Å². The molecule has 1 aromatic carbocycles. The molecule has 0 amide bonds. The van der Waals surface area contributed by atoms with Crippen LogP contribution in [0, 0.1) is 27.7 Å². The largest absolute Gasteiger partial charge is 0.463 e. The molecule has 0 spiro atoms. The molecule has 216 valence electrons. The lowest BCUT2D eigenvalue weighted by Gasteiger charge is -2.59. The highest BCUT2D eigenvalue weighted by Crippen LogP contribution is 2.58. The number of ether oxygens (including phenoxy) is 1. The van der Waals surface area contributed by atoms with E-state index in [0.717, 1.165) is 5.03 Å². The van der Waals surface area contributed by atoms with Crippen molar-refractivity contribution in [2.24, 2.45) is 10.7 Å². The minimum absolute atomic E-state index is 0.184. The molecule has 1 aliphatic rings. The Bertz CT molecular complexity index is 1060. The molecule has 0 saturated carbocycles. The number of fused-ring (bicyclic) bond motifs is 1. The van der Waals surface area contributed by atoms with E-state index in [0.29, 0.717) is 18.0 Å². The number of esters is 1. The summed E-state index contributed by atoms with van der Waals surface area (Å²) in [6.07, 6.45) is 2.08. The number of thioether (sulfide) groups is 1. The summed E-state index contributed by atoms with van der Waals surface area (Å²) in [7, 11) is 1.66. The Hall–Kier alpha value is -1.95. The predicted octanol–water partition coefficient (Wildman–Crippen LogP) is 7.50. The third-order valence-corrected chi connectivity index (χ3v) is 10.6. The number of hydrogen-bond acceptors (Lipinski definition) is 5. The van der Waals surface area contributed by atoms with Crippen molar-refractivity contribution in [3.8, 4) is 0 Å². The van der Waals surface area contributed by atoms with Crippen LogP contribution in [0.1, 0.15) is 110 Å². The molecule has 0 bridgehead atoms. The number of aliphatic imine (C=N–C) groups is 1. The number of carbonyl (C=O) groups excluding carboxylic acids is 1. The van der Waals surface area contributed by atoms with Gasteiger partial charge < -0.3 is 15.4 Å². The van der Waals surface area contributed by atoms with Crippen LogP contribution in [-0.2, 0) is 20.4 Å². The molecule has 0 unspecified atom stereocenters. The van der Waals surface area contributed by atoms with Crippen molar-refractivity contribution in [3.05, 3.63) is 44.0 Å². The van der Waals surface area contributed by atoms with Crippen molar-refractivity contribution in [2.45, 2.75) is 126 Å². The molecule has 2 rings (SSSR count). The monoisotopic (exact) mass is 545 g/mol. The van der Waals surface area contributed by atoms with Crippen LogP contribution in [0.3, 0.4) is 0 Å². The molecule has 1 heterocycles. The quantitative estimate of drug-likeness (QED) is 0.184. The van der Waals surface area contributed by atoms with Gasteiger partial charge in [-0.3, -0.25) is 4.99 Å². The molecule has 0 aromatic heterocycles. The summed E-state index contributed by atoms with van der Waals surface area (Å²) in [5.41, 5.74) is 13.3. The van der Waals surface area contributed by atoms with Crippen molar-refractivity contribution in [1.29, 1.82) is 0 Å². The minimum Gasteiger partial charge on any atom is -0.463 e. The molecule has 5 nitrogen and oxygen atoms in total. The van der Waals surface area contributed by atoms with Gasteiger partial charge in [-0.1, -0.05) is 27.7 Å². The number of carbonyl (C=O) groups is 1. The number of amidine groups is 1. The Kier molecular flexibility index (Phi) is 10.5. The first-order chi connectivity index (χ1) is 17.1. The molecule has 1 aliphatic heterocycles. The molecule has 0 fully saturated rings. The maximum absolute atomic E-state index is 12.9. The van der Waals surface area contributed by atoms with Crippen molar-refractivity contribution in [3.63, 3.8) is 0 Å². The maximum Gasteiger partial charge on any atom is 0.336 e. The molecule has 0 aliphatic carbocycles. The summed E-state index contributed by atoms with van der Waals surface area (Å²) in [5.74, 6) is 0.398. The van der Waals surface area contributed by atoms with Crippen molar-refractivity contribution in [2.75, 3.05) is 19.9 Å². The average molecular weight is 546 g/mol. The third kappa shape index (κ3) is 5.39. The van der Waals surface area contributed by atoms with Gasteiger partial charge in [-0.25, -0.2) is 4.79 Å². The zero-order valence-electron chi connectivity index (χ0n) is 27.4. The number of nitrogens with two attached hydrogens (primary N) is 1. The molecule has 0 saturated heterocycles. The Morgan fingerprint density at radius 1 is 0.842 bits per heavy atom. The van der Waals surface area contributed by atoms with E-state index in [1.165, 1.54) is 33.4 Å². The van der Waals surface area contributed by atoms with Crippen LogP contribution in [0.15, 0.2) is 15.6 Å². The lowest BCUT2D eigenvalue weighted by molar-refractivity contribution is -0.138. The van der Waals surface area contributed by atoms with Gasteiger partial charge >= 0.3 is 5.97 Å². The second-order valence-corrected chi connectivity index (χ2v) is 13.5. The summed E-state index contributed by atoms with van der Waals surface area (Å²) in [6, 6.07) is 0. The van der Waals surface area contributed by atoms with Crippen molar-refractivity contribution in [1.82, 2.24) is 4.90 Å². The van der Waals surface area contributed by atoms with E-state index in [-0.39, 0.29) is 27.9 Å². The average Bonchev–Trinajstić information content (AvgIpc) is 2.83. The first kappa shape index (κ1) is 34.1. The second-order valence-electron chi connectivity index (χ2n) is 12.7. The van der Waals surface area contributed by atoms with Gasteiger partial charge in [0.05, 0.1) is 23.0 Å². The van der Waals surface area contributed by atoms with Crippen LogP contribution in [0.25, 0.3) is 0 Å². The van der Waals surface area contributed by atoms with E-state index in [1.807, 2.05) is 13.8 Å². The molecule has 0 radical (unpaired) electrons. The summed E-state index contributed by atoms with van der Waals surface area (Å²) in [5, 5.41) is 1.00. The van der Waals surface area contributed by atoms with Gasteiger partial charge in [0.25, 0.3) is 0 Å². The van der Waals surface area contributed by atoms with E-state index >= 15 is 0 Å². The standard InChI is InChI=1S/C29H47NO2S.C3H8N2/c1-16-32-25(31)21(6)24(33-15)30-28(11,12)26(7,8)22-19(4)17(2)18(3)20(5)23(22)27(9,10)29(30,13)14;1-3(4)5-2/h16H2,1-15H3;1-2H3,(H2,4,5). The normalized spacial score (nSPS) is 19.9. The smallest absolute Gasteiger partial charge is 0.336 e. The molecule has 6 heteroatoms. The number of benzene rings is 1. The minimum atomic E-state index is -0.288. The number of hydrogen-bond donors (Lipinski definition) is 1. The van der Waals surface area contributed by atoms with E-state index < -0.39 is 0 Å². The first-order valence-corrected chi connectivity index (χ1v) is 14.9. The highest BCUT2D eigenvalue weighted by molar-refractivity contribution is 8.02. The van der Waals surface area contributed by atoms with Crippen molar-refractivity contribution < 1.29 is 9.53 Å². The Labute approximate surface area is 238 Å². The first-order valence-electron chi connectivity index (χ1n) is 13.6. The molecular weight excluding hydrogens is 490 g/mol. The molecule has 0 atom stereocenters. The second kappa shape index (κ2) is 11.7. The fourth-order valence-electron chi connectivity index (χ4n) is 5.99. The molecular formula is C32H55N3O2S. The van der Waals surface area contributed by atoms with Crippen LogP contribution in [0.5, 0.6) is 0 Å². The highest BCUT2D eigenvalue weighted by Gasteiger charge is 2.59. The van der Waals surface area contributed by atoms with Gasteiger partial charge in [0.1, 0.15) is 0 Å². The van der Waals surface area contributed by atoms with Crippen LogP contribution in [0.4, 0.5) is 0 Å². The van der Waals surface area contributed by atoms with Crippen LogP contribution in [0.2, 0.25) is 0 Å². The molecule has 2 N–H and O–H groups in total. The van der Waals surface area contributed by atoms with Gasteiger partial charge in [-0.2, -0.15) is 0 Å². The predicted molar refractivity (Wildman–Crippen MR) is 168 cm³/mol. The summed E-state index contributed by atoms with van der Waals surface area (Å²) < 4.78 is 5.44. The van der Waals surface area contributed by atoms with E-state index in [2.05, 4.69) is 99.2 Å². The topological polar surface area (TPSA) is 67.9 Å². The highest BCUT2D eigenvalue weighted by atomic mass is 32.2. The van der Waals surface area contributed by atoms with Gasteiger partial charge in [-0.05, 0) is 116 Å². The summed E-state index contributed by atoms with van der Waals surface area (Å²) >= 11 is 1.65. The fraction of sp³-hybridized carbons (Fsp3) is 0.688. The zero-order valence-corrected chi connectivity index (χ0v) is 28.2. The van der Waals surface area contributed by atoms with Gasteiger partial charge in [-0.15, -0.1) is 11.8 Å². The molecule has 1 aromatic rings. The third-order valence-electron chi connectivity index (χ3n) is 9.77. The van der Waals surface area contributed by atoms with E-state index in [4.69, 9.17) is 10.5 Å². The van der Waals surface area contributed by atoms with E-state index in [1.54, 1.807) is 25.7 Å². The summed E-state index contributed by atoms with van der Waals surface area (Å²) in [6.45, 7) is 34.0. The number of rotatable bonds is 4. The summed E-state index contributed by atoms with van der Waals surface area (Å²) in [4.78, 5) is 19.0. The SMILES string of the molecule is CCOC(=O)C(C)=C(SC)N1C(C)(C)C(C)(C)c2c(C)c(C)c(C)c(C)c2C(C)(C)C1(C)C.CN=C(C)N. The molecule has 38 heavy (non-hydrogen) atoms. The van der Waals surface area contributed by atoms with Crippen molar-refractivity contribution >= 4 is 23.6 Å². The lowest BCUT2D eigenvalue weighted by atomic mass is 9.62. The van der Waals surface area contributed by atoms with Crippen LogP contribution >= 0.6 is 11.8 Å². The maximum atomic E-state index is 12.9. The van der Waals surface area contributed by atoms with Gasteiger partial charge in [0, 0.05) is 29.0 Å². The lowest BCUT2D eigenvalue weighted by Crippen LogP contribution is -2.64. The zero-order chi connectivity index (χ0) is 30.2. The fourth-order valence-corrected chi connectivity index (χ4v) is 7.02.